The van der Waals surface area contributed by atoms with E-state index >= 15 is 0 Å². The molecule has 0 radical (unpaired) electrons. The van der Waals surface area contributed by atoms with Crippen molar-refractivity contribution in [3.63, 3.8) is 0 Å². The maximum Gasteiger partial charge on any atom is 0.259 e. The van der Waals surface area contributed by atoms with Crippen LogP contribution in [0.5, 0.6) is 0 Å². The molecule has 1 aromatic carbocycles. The van der Waals surface area contributed by atoms with E-state index in [4.69, 9.17) is 16.1 Å². The Hall–Kier alpha value is -2.34. The normalized spacial score (nSPS) is 14.8. The molecule has 3 rings (SSSR count). The first kappa shape index (κ1) is 16.5. The van der Waals surface area contributed by atoms with E-state index < -0.39 is 0 Å². The van der Waals surface area contributed by atoms with Gasteiger partial charge in [0.1, 0.15) is 11.3 Å². The SMILES string of the molecule is Cc1noc(C)c1C(=O)N1CCN(C(=O)c2cccc(Cl)c2)CC1. The maximum atomic E-state index is 12.6. The van der Waals surface area contributed by atoms with E-state index in [1.165, 1.54) is 0 Å². The molecule has 2 heterocycles. The van der Waals surface area contributed by atoms with E-state index in [1.807, 2.05) is 0 Å². The summed E-state index contributed by atoms with van der Waals surface area (Å²) in [6, 6.07) is 6.90. The Morgan fingerprint density at radius 1 is 1.08 bits per heavy atom. The number of rotatable bonds is 2. The molecule has 1 aliphatic heterocycles. The Labute approximate surface area is 145 Å². The molecule has 1 saturated heterocycles. The van der Waals surface area contributed by atoms with Gasteiger partial charge in [-0.15, -0.1) is 0 Å². The van der Waals surface area contributed by atoms with Crippen LogP contribution in [0, 0.1) is 13.8 Å². The van der Waals surface area contributed by atoms with E-state index in [1.54, 1.807) is 47.9 Å². The number of hydrogen-bond acceptors (Lipinski definition) is 4. The topological polar surface area (TPSA) is 66.7 Å². The molecule has 24 heavy (non-hydrogen) atoms. The molecule has 6 nitrogen and oxygen atoms in total. The summed E-state index contributed by atoms with van der Waals surface area (Å²) in [7, 11) is 0. The minimum atomic E-state index is -0.0962. The van der Waals surface area contributed by atoms with E-state index in [-0.39, 0.29) is 11.8 Å². The zero-order chi connectivity index (χ0) is 17.3. The van der Waals surface area contributed by atoms with E-state index in [2.05, 4.69) is 5.16 Å². The lowest BCUT2D eigenvalue weighted by Crippen LogP contribution is -2.50. The van der Waals surface area contributed by atoms with Gasteiger partial charge < -0.3 is 14.3 Å². The van der Waals surface area contributed by atoms with Crippen LogP contribution in [0.15, 0.2) is 28.8 Å². The number of piperazine rings is 1. The Kier molecular flexibility index (Phi) is 4.57. The number of aromatic nitrogens is 1. The van der Waals surface area contributed by atoms with Crippen molar-refractivity contribution in [1.82, 2.24) is 15.0 Å². The minimum Gasteiger partial charge on any atom is -0.361 e. The number of hydrogen-bond donors (Lipinski definition) is 0. The summed E-state index contributed by atoms with van der Waals surface area (Å²) in [6.45, 7) is 5.42. The third-order valence-electron chi connectivity index (χ3n) is 4.17. The fourth-order valence-corrected chi connectivity index (χ4v) is 3.05. The second-order valence-electron chi connectivity index (χ2n) is 5.79. The zero-order valence-electron chi connectivity index (χ0n) is 13.6. The van der Waals surface area contributed by atoms with E-state index in [0.29, 0.717) is 53.8 Å². The van der Waals surface area contributed by atoms with Crippen LogP contribution in [0.4, 0.5) is 0 Å². The first-order valence-electron chi connectivity index (χ1n) is 7.74. The van der Waals surface area contributed by atoms with Crippen LogP contribution in [-0.4, -0.2) is 52.9 Å². The average Bonchev–Trinajstić information content (AvgIpc) is 2.92. The molecule has 1 fully saturated rings. The summed E-state index contributed by atoms with van der Waals surface area (Å²) in [4.78, 5) is 28.6. The molecular weight excluding hydrogens is 330 g/mol. The standard InChI is InChI=1S/C17H18ClN3O3/c1-11-15(12(2)24-19-11)17(23)21-8-6-20(7-9-21)16(22)13-4-3-5-14(18)10-13/h3-5,10H,6-9H2,1-2H3. The average molecular weight is 348 g/mol. The van der Waals surface area contributed by atoms with E-state index in [9.17, 15) is 9.59 Å². The smallest absolute Gasteiger partial charge is 0.259 e. The molecule has 0 N–H and O–H groups in total. The maximum absolute atomic E-state index is 12.6. The molecule has 7 heteroatoms. The molecule has 126 valence electrons. The van der Waals surface area contributed by atoms with Gasteiger partial charge >= 0.3 is 0 Å². The molecule has 0 saturated carbocycles. The highest BCUT2D eigenvalue weighted by Gasteiger charge is 2.28. The number of carbonyl (C=O) groups is 2. The highest BCUT2D eigenvalue weighted by Crippen LogP contribution is 2.18. The predicted molar refractivity (Wildman–Crippen MR) is 89.2 cm³/mol. The van der Waals surface area contributed by atoms with Crippen LogP contribution >= 0.6 is 11.6 Å². The van der Waals surface area contributed by atoms with Crippen molar-refractivity contribution >= 4 is 23.4 Å². The van der Waals surface area contributed by atoms with Crippen molar-refractivity contribution in [1.29, 1.82) is 0 Å². The third-order valence-corrected chi connectivity index (χ3v) is 4.41. The van der Waals surface area contributed by atoms with Gasteiger partial charge in [0.2, 0.25) is 0 Å². The van der Waals surface area contributed by atoms with Gasteiger partial charge in [-0.2, -0.15) is 0 Å². The molecular formula is C17H18ClN3O3. The van der Waals surface area contributed by atoms with E-state index in [0.717, 1.165) is 0 Å². The van der Waals surface area contributed by atoms with Crippen molar-refractivity contribution in [2.24, 2.45) is 0 Å². The van der Waals surface area contributed by atoms with Crippen LogP contribution in [0.3, 0.4) is 0 Å². The molecule has 2 amide bonds. The number of benzene rings is 1. The Balaban J connectivity index is 1.66. The van der Waals surface area contributed by atoms with Crippen LogP contribution in [0.25, 0.3) is 0 Å². The first-order chi connectivity index (χ1) is 11.5. The fraction of sp³-hybridized carbons (Fsp3) is 0.353. The van der Waals surface area contributed by atoms with Gasteiger partial charge in [0.25, 0.3) is 11.8 Å². The lowest BCUT2D eigenvalue weighted by atomic mass is 10.1. The largest absolute Gasteiger partial charge is 0.361 e. The number of aryl methyl sites for hydroxylation is 2. The molecule has 0 spiro atoms. The van der Waals surface area contributed by atoms with Crippen LogP contribution in [0.2, 0.25) is 5.02 Å². The molecule has 1 aromatic heterocycles. The summed E-state index contributed by atoms with van der Waals surface area (Å²) in [5.41, 5.74) is 1.67. The first-order valence-corrected chi connectivity index (χ1v) is 8.12. The molecule has 0 atom stereocenters. The van der Waals surface area contributed by atoms with Crippen molar-refractivity contribution < 1.29 is 14.1 Å². The summed E-state index contributed by atoms with van der Waals surface area (Å²) in [5, 5.41) is 4.36. The highest BCUT2D eigenvalue weighted by molar-refractivity contribution is 6.30. The monoisotopic (exact) mass is 347 g/mol. The second-order valence-corrected chi connectivity index (χ2v) is 6.23. The highest BCUT2D eigenvalue weighted by atomic mass is 35.5. The van der Waals surface area contributed by atoms with Gasteiger partial charge in [-0.05, 0) is 32.0 Å². The fourth-order valence-electron chi connectivity index (χ4n) is 2.86. The number of halogens is 1. The predicted octanol–water partition coefficient (Wildman–Crippen LogP) is 2.54. The molecule has 0 aliphatic carbocycles. The lowest BCUT2D eigenvalue weighted by Gasteiger charge is -2.34. The number of carbonyl (C=O) groups excluding carboxylic acids is 2. The van der Waals surface area contributed by atoms with Crippen molar-refractivity contribution in [3.05, 3.63) is 51.9 Å². The van der Waals surface area contributed by atoms with Crippen LogP contribution in [0.1, 0.15) is 32.2 Å². The third kappa shape index (κ3) is 3.14. The Morgan fingerprint density at radius 3 is 2.25 bits per heavy atom. The number of amides is 2. The molecule has 2 aromatic rings. The number of nitrogens with zero attached hydrogens (tertiary/aromatic N) is 3. The summed E-state index contributed by atoms with van der Waals surface area (Å²) in [6.07, 6.45) is 0. The Bertz CT molecular complexity index is 760. The Morgan fingerprint density at radius 2 is 1.71 bits per heavy atom. The summed E-state index contributed by atoms with van der Waals surface area (Å²) in [5.74, 6) is 0.359. The quantitative estimate of drug-likeness (QED) is 0.837. The minimum absolute atomic E-state index is 0.0677. The van der Waals surface area contributed by atoms with Crippen molar-refractivity contribution in [2.45, 2.75) is 13.8 Å². The van der Waals surface area contributed by atoms with Crippen LogP contribution in [-0.2, 0) is 0 Å². The summed E-state index contributed by atoms with van der Waals surface area (Å²) < 4.78 is 5.06. The van der Waals surface area contributed by atoms with Crippen molar-refractivity contribution in [3.8, 4) is 0 Å². The van der Waals surface area contributed by atoms with Gasteiger partial charge in [0.05, 0.1) is 5.69 Å². The van der Waals surface area contributed by atoms with Gasteiger partial charge in [-0.3, -0.25) is 9.59 Å². The van der Waals surface area contributed by atoms with Gasteiger partial charge in [0.15, 0.2) is 0 Å². The van der Waals surface area contributed by atoms with Gasteiger partial charge in [-0.1, -0.05) is 22.8 Å². The van der Waals surface area contributed by atoms with Gasteiger partial charge in [0, 0.05) is 36.8 Å². The van der Waals surface area contributed by atoms with Crippen LogP contribution < -0.4 is 0 Å². The molecule has 1 aliphatic rings. The van der Waals surface area contributed by atoms with Gasteiger partial charge in [-0.25, -0.2) is 0 Å². The molecule has 0 unspecified atom stereocenters. The lowest BCUT2D eigenvalue weighted by molar-refractivity contribution is 0.0534. The zero-order valence-corrected chi connectivity index (χ0v) is 14.3. The second kappa shape index (κ2) is 6.65. The van der Waals surface area contributed by atoms with Crippen molar-refractivity contribution in [2.75, 3.05) is 26.2 Å². The summed E-state index contributed by atoms with van der Waals surface area (Å²) >= 11 is 5.94. The molecule has 0 bridgehead atoms.